The van der Waals surface area contributed by atoms with Crippen molar-refractivity contribution in [1.82, 2.24) is 0 Å². The predicted octanol–water partition coefficient (Wildman–Crippen LogP) is 5.57. The topological polar surface area (TPSA) is 60.4 Å². The van der Waals surface area contributed by atoms with E-state index in [1.54, 1.807) is 6.92 Å². The van der Waals surface area contributed by atoms with Gasteiger partial charge < -0.3 is 14.3 Å². The van der Waals surface area contributed by atoms with Crippen LogP contribution in [-0.4, -0.2) is 26.0 Å². The molecule has 0 unspecified atom stereocenters. The highest BCUT2D eigenvalue weighted by Crippen LogP contribution is 2.24. The Hall–Kier alpha value is -3.26. The summed E-state index contributed by atoms with van der Waals surface area (Å²) in [6.07, 6.45) is 7.42. The average molecular weight is 446 g/mol. The lowest BCUT2D eigenvalue weighted by Crippen LogP contribution is -2.20. The lowest BCUT2D eigenvalue weighted by atomic mass is 9.89. The summed E-state index contributed by atoms with van der Waals surface area (Å²) in [6.45, 7) is 12.2. The summed E-state index contributed by atoms with van der Waals surface area (Å²) in [7, 11) is 0. The Morgan fingerprint density at radius 1 is 1.12 bits per heavy atom. The van der Waals surface area contributed by atoms with Crippen LogP contribution in [0, 0.1) is 36.9 Å². The van der Waals surface area contributed by atoms with Crippen molar-refractivity contribution in [2.75, 3.05) is 6.61 Å². The third kappa shape index (κ3) is 8.85. The number of hydrogen-bond donors (Lipinski definition) is 0. The largest absolute Gasteiger partial charge is 0.494 e. The number of benzene rings is 2. The molecule has 1 radical (unpaired) electrons. The highest BCUT2D eigenvalue weighted by molar-refractivity contribution is 5.86. The van der Waals surface area contributed by atoms with Gasteiger partial charge in [0.25, 0.3) is 0 Å². The van der Waals surface area contributed by atoms with E-state index in [0.29, 0.717) is 18.6 Å². The van der Waals surface area contributed by atoms with Gasteiger partial charge in [0.05, 0.1) is 12.5 Å². The minimum absolute atomic E-state index is 0. The highest BCUT2D eigenvalue weighted by atomic mass is 19.1. The number of rotatable bonds is 9. The van der Waals surface area contributed by atoms with Gasteiger partial charge in [-0.05, 0) is 67.0 Å². The number of halogens is 1. The van der Waals surface area contributed by atoms with Crippen LogP contribution in [0.15, 0.2) is 36.4 Å². The fraction of sp³-hybridized carbons (Fsp3) is 0.370. The highest BCUT2D eigenvalue weighted by Gasteiger charge is 2.20. The second-order valence-corrected chi connectivity index (χ2v) is 7.49. The third-order valence-corrected chi connectivity index (χ3v) is 4.91. The Labute approximate surface area is 195 Å². The van der Waals surface area contributed by atoms with Crippen LogP contribution in [0.25, 0.3) is 0 Å². The van der Waals surface area contributed by atoms with Gasteiger partial charge in [0.2, 0.25) is 0 Å². The Kier molecular flexibility index (Phi) is 13.9. The van der Waals surface area contributed by atoms with E-state index < -0.39 is 0 Å². The molecule has 0 fully saturated rings. The number of carbonyl (C=O) groups is 3. The van der Waals surface area contributed by atoms with Crippen molar-refractivity contribution < 1.29 is 27.8 Å². The molecule has 0 amide bonds. The van der Waals surface area contributed by atoms with E-state index in [1.165, 1.54) is 6.07 Å². The second kappa shape index (κ2) is 15.5. The van der Waals surface area contributed by atoms with Crippen LogP contribution in [0.3, 0.4) is 0 Å². The number of hydrogen-bond acceptors (Lipinski definition) is 4. The number of carbonyl (C=O) groups excluding carboxylic acids is 3. The molecule has 2 aromatic rings. The number of ketones is 1. The van der Waals surface area contributed by atoms with Crippen LogP contribution < -0.4 is 4.74 Å². The fourth-order valence-corrected chi connectivity index (χ4v) is 3.31. The number of terminal acetylenes is 1. The maximum Gasteiger partial charge on any atom is 0.152 e. The Morgan fingerprint density at radius 2 is 1.75 bits per heavy atom. The van der Waals surface area contributed by atoms with Crippen LogP contribution in [0.1, 0.15) is 47.3 Å². The molecule has 1 atom stereocenters. The van der Waals surface area contributed by atoms with Gasteiger partial charge in [0, 0.05) is 10.7 Å². The summed E-state index contributed by atoms with van der Waals surface area (Å²) in [5.74, 6) is 3.06. The number of Topliss-reactive ketones (excluding diaryl/α,β-unsaturated/α-hetero) is 1. The molecule has 0 N–H and O–H groups in total. The summed E-state index contributed by atoms with van der Waals surface area (Å²) in [4.78, 5) is 28.5. The maximum atomic E-state index is 13.4. The molecule has 0 heterocycles. The molecule has 2 rings (SSSR count). The van der Waals surface area contributed by atoms with Gasteiger partial charge in [-0.2, -0.15) is 0 Å². The standard InChI is InChI=1S/C25H29FO2.2CH2O.2H2.H/c1-6-22(17(3)4)24(27)15-20-9-12-21(25(16-20)28-7-2)11-8-19-10-13-23(26)18(5)14-19;2*1-2;;;/h1,9-10,12-14,16-17,22H,7-8,11,15H2,2-5H3;2*1H2;2*1H;/t22-;;;;;/m0...../s1. The van der Waals surface area contributed by atoms with Crippen molar-refractivity contribution in [2.45, 2.75) is 47.0 Å². The fourth-order valence-electron chi connectivity index (χ4n) is 3.31. The molecule has 2 aromatic carbocycles. The van der Waals surface area contributed by atoms with Gasteiger partial charge >= 0.3 is 0 Å². The van der Waals surface area contributed by atoms with Crippen LogP contribution in [-0.2, 0) is 33.6 Å². The molecular weight excluding hydrogens is 407 g/mol. The quantitative estimate of drug-likeness (QED) is 0.474. The smallest absolute Gasteiger partial charge is 0.152 e. The molecule has 0 saturated carbocycles. The first-order chi connectivity index (χ1) is 15.3. The Morgan fingerprint density at radius 3 is 2.28 bits per heavy atom. The first-order valence-corrected chi connectivity index (χ1v) is 10.4. The van der Waals surface area contributed by atoms with Crippen LogP contribution >= 0.6 is 0 Å². The van der Waals surface area contributed by atoms with Crippen LogP contribution in [0.5, 0.6) is 5.75 Å². The molecule has 5 heteroatoms. The van der Waals surface area contributed by atoms with Crippen molar-refractivity contribution in [3.8, 4) is 18.1 Å². The van der Waals surface area contributed by atoms with Crippen LogP contribution in [0.2, 0.25) is 0 Å². The SMILES string of the molecule is C#C[C@H](C(=O)Cc1ccc(CCc2ccc(F)c(C)c2)c(OCC)c1)C(C)C.C=O.C=O.[HH].[HH].[H]. The molecule has 0 aliphatic heterocycles. The summed E-state index contributed by atoms with van der Waals surface area (Å²) in [5.41, 5.74) is 3.74. The van der Waals surface area contributed by atoms with E-state index >= 15 is 0 Å². The van der Waals surface area contributed by atoms with E-state index in [9.17, 15) is 9.18 Å². The summed E-state index contributed by atoms with van der Waals surface area (Å²) >= 11 is 0. The zero-order chi connectivity index (χ0) is 24.7. The third-order valence-electron chi connectivity index (χ3n) is 4.91. The molecule has 0 bridgehead atoms. The van der Waals surface area contributed by atoms with Gasteiger partial charge in [-0.25, -0.2) is 4.39 Å². The first kappa shape index (κ1) is 28.7. The molecule has 0 aliphatic rings. The van der Waals surface area contributed by atoms with E-state index in [2.05, 4.69) is 5.92 Å². The summed E-state index contributed by atoms with van der Waals surface area (Å²) in [5, 5.41) is 0. The van der Waals surface area contributed by atoms with Gasteiger partial charge in [-0.1, -0.05) is 44.0 Å². The number of ether oxygens (including phenoxy) is 1. The summed E-state index contributed by atoms with van der Waals surface area (Å²) < 4.78 is 19.3. The second-order valence-electron chi connectivity index (χ2n) is 7.49. The van der Waals surface area contributed by atoms with Crippen molar-refractivity contribution >= 4 is 19.4 Å². The van der Waals surface area contributed by atoms with Crippen molar-refractivity contribution in [3.05, 3.63) is 64.5 Å². The van der Waals surface area contributed by atoms with Crippen LogP contribution in [0.4, 0.5) is 4.39 Å². The van der Waals surface area contributed by atoms with Gasteiger partial charge in [-0.3, -0.25) is 4.79 Å². The Balaban J connectivity index is -0.000000652. The zero-order valence-corrected chi connectivity index (χ0v) is 19.4. The minimum atomic E-state index is -0.364. The lowest BCUT2D eigenvalue weighted by molar-refractivity contribution is -0.121. The van der Waals surface area contributed by atoms with E-state index in [4.69, 9.17) is 20.7 Å². The average Bonchev–Trinajstić information content (AvgIpc) is 2.78. The molecule has 0 saturated heterocycles. The van der Waals surface area contributed by atoms with E-state index in [0.717, 1.165) is 35.3 Å². The maximum absolute atomic E-state index is 13.4. The summed E-state index contributed by atoms with van der Waals surface area (Å²) in [6, 6.07) is 11.2. The lowest BCUT2D eigenvalue weighted by Gasteiger charge is -2.15. The first-order valence-electron chi connectivity index (χ1n) is 10.4. The molecule has 0 spiro atoms. The minimum Gasteiger partial charge on any atom is -0.494 e. The van der Waals surface area contributed by atoms with Gasteiger partial charge in [0.15, 0.2) is 5.78 Å². The van der Waals surface area contributed by atoms with Crippen molar-refractivity contribution in [2.24, 2.45) is 11.8 Å². The van der Waals surface area contributed by atoms with E-state index in [1.807, 2.05) is 64.7 Å². The zero-order valence-electron chi connectivity index (χ0n) is 20.4. The van der Waals surface area contributed by atoms with Crippen molar-refractivity contribution in [1.29, 1.82) is 0 Å². The predicted molar refractivity (Wildman–Crippen MR) is 132 cm³/mol. The number of aryl methyl sites for hydroxylation is 3. The molecule has 0 aliphatic carbocycles. The monoisotopic (exact) mass is 445 g/mol. The molecule has 177 valence electrons. The van der Waals surface area contributed by atoms with Crippen molar-refractivity contribution in [3.63, 3.8) is 0 Å². The van der Waals surface area contributed by atoms with Gasteiger partial charge in [-0.15, -0.1) is 6.42 Å². The molecular formula is C27H38FO4. The molecule has 4 nitrogen and oxygen atoms in total. The van der Waals surface area contributed by atoms with Gasteiger partial charge in [0.1, 0.15) is 25.1 Å². The molecule has 0 aromatic heterocycles. The van der Waals surface area contributed by atoms with E-state index in [-0.39, 0.29) is 27.7 Å². The molecule has 32 heavy (non-hydrogen) atoms. The Bertz CT molecular complexity index is 912. The normalized spacial score (nSPS) is 10.7.